The maximum Gasteiger partial charge on any atom is 0.238 e. The predicted octanol–water partition coefficient (Wildman–Crippen LogP) is 1.89. The lowest BCUT2D eigenvalue weighted by molar-refractivity contribution is -0.120. The Hall–Kier alpha value is -1.36. The molecule has 0 saturated heterocycles. The maximum absolute atomic E-state index is 12.3. The summed E-state index contributed by atoms with van der Waals surface area (Å²) in [7, 11) is -3.48. The van der Waals surface area contributed by atoms with E-state index in [9.17, 15) is 13.2 Å². The molecule has 1 aromatic carbocycles. The predicted molar refractivity (Wildman–Crippen MR) is 79.2 cm³/mol. The lowest BCUT2D eigenvalue weighted by Gasteiger charge is -2.14. The SMILES string of the molecule is Cc1ccc(C)c(CS(=O)(=O)[C@H](C)C(=O)NC2CC2)c1. The second-order valence-corrected chi connectivity index (χ2v) is 7.98. The Kier molecular flexibility index (Phi) is 4.18. The van der Waals surface area contributed by atoms with Gasteiger partial charge in [0.1, 0.15) is 5.25 Å². The van der Waals surface area contributed by atoms with Gasteiger partial charge in [0.2, 0.25) is 5.91 Å². The van der Waals surface area contributed by atoms with E-state index in [4.69, 9.17) is 0 Å². The van der Waals surface area contributed by atoms with Crippen LogP contribution in [-0.4, -0.2) is 25.6 Å². The Morgan fingerprint density at radius 3 is 2.60 bits per heavy atom. The molecule has 0 unspecified atom stereocenters. The van der Waals surface area contributed by atoms with E-state index in [1.165, 1.54) is 6.92 Å². The fraction of sp³-hybridized carbons (Fsp3) is 0.533. The quantitative estimate of drug-likeness (QED) is 0.902. The molecule has 5 heteroatoms. The number of hydrogen-bond donors (Lipinski definition) is 1. The van der Waals surface area contributed by atoms with Gasteiger partial charge in [0.15, 0.2) is 9.84 Å². The first-order chi connectivity index (χ1) is 9.29. The van der Waals surface area contributed by atoms with E-state index in [-0.39, 0.29) is 17.7 Å². The molecule has 0 spiro atoms. The number of carbonyl (C=O) groups is 1. The molecule has 110 valence electrons. The number of hydrogen-bond acceptors (Lipinski definition) is 3. The average Bonchev–Trinajstić information content (AvgIpc) is 3.16. The zero-order chi connectivity index (χ0) is 14.9. The summed E-state index contributed by atoms with van der Waals surface area (Å²) in [5, 5.41) is 1.76. The van der Waals surface area contributed by atoms with Crippen molar-refractivity contribution in [2.24, 2.45) is 0 Å². The molecule has 1 aliphatic rings. The van der Waals surface area contributed by atoms with Crippen molar-refractivity contribution < 1.29 is 13.2 Å². The first-order valence-electron chi connectivity index (χ1n) is 6.87. The molecule has 1 N–H and O–H groups in total. The Morgan fingerprint density at radius 1 is 1.35 bits per heavy atom. The summed E-state index contributed by atoms with van der Waals surface area (Å²) in [5.74, 6) is -0.461. The minimum absolute atomic E-state index is 0.0836. The molecular weight excluding hydrogens is 274 g/mol. The standard InChI is InChI=1S/C15H21NO3S/c1-10-4-5-11(2)13(8-10)9-20(18,19)12(3)15(17)16-14-6-7-14/h4-5,8,12,14H,6-7,9H2,1-3H3,(H,16,17)/t12-/m1/s1. The Balaban J connectivity index is 2.13. The van der Waals surface area contributed by atoms with E-state index in [2.05, 4.69) is 5.32 Å². The summed E-state index contributed by atoms with van der Waals surface area (Å²) in [6.07, 6.45) is 1.91. The van der Waals surface area contributed by atoms with Crippen LogP contribution in [-0.2, 0) is 20.4 Å². The molecule has 1 saturated carbocycles. The van der Waals surface area contributed by atoms with Crippen LogP contribution in [0.1, 0.15) is 36.5 Å². The number of aryl methyl sites for hydroxylation is 2. The van der Waals surface area contributed by atoms with E-state index in [0.717, 1.165) is 29.5 Å². The van der Waals surface area contributed by atoms with Gasteiger partial charge >= 0.3 is 0 Å². The number of nitrogens with one attached hydrogen (secondary N) is 1. The van der Waals surface area contributed by atoms with Gasteiger partial charge < -0.3 is 5.32 Å². The van der Waals surface area contributed by atoms with Crippen molar-refractivity contribution in [1.82, 2.24) is 5.32 Å². The van der Waals surface area contributed by atoms with E-state index < -0.39 is 15.1 Å². The third-order valence-electron chi connectivity index (χ3n) is 3.69. The maximum atomic E-state index is 12.3. The average molecular weight is 295 g/mol. The molecule has 1 fully saturated rings. The smallest absolute Gasteiger partial charge is 0.238 e. The van der Waals surface area contributed by atoms with Crippen molar-refractivity contribution in [2.75, 3.05) is 0 Å². The lowest BCUT2D eigenvalue weighted by atomic mass is 10.1. The van der Waals surface area contributed by atoms with Crippen molar-refractivity contribution in [3.8, 4) is 0 Å². The summed E-state index contributed by atoms with van der Waals surface area (Å²) < 4.78 is 24.7. The molecule has 1 aromatic rings. The highest BCUT2D eigenvalue weighted by molar-refractivity contribution is 7.92. The highest BCUT2D eigenvalue weighted by Gasteiger charge is 2.32. The summed E-state index contributed by atoms with van der Waals surface area (Å²) in [6.45, 7) is 5.29. The number of carbonyl (C=O) groups excluding carboxylic acids is 1. The molecule has 20 heavy (non-hydrogen) atoms. The minimum Gasteiger partial charge on any atom is -0.352 e. The molecular formula is C15H21NO3S. The van der Waals surface area contributed by atoms with Crippen LogP contribution in [0.2, 0.25) is 0 Å². The van der Waals surface area contributed by atoms with Crippen LogP contribution in [0.5, 0.6) is 0 Å². The van der Waals surface area contributed by atoms with Gasteiger partial charge in [-0.05, 0) is 44.7 Å². The largest absolute Gasteiger partial charge is 0.352 e. The first-order valence-corrected chi connectivity index (χ1v) is 8.59. The van der Waals surface area contributed by atoms with Gasteiger partial charge in [0.05, 0.1) is 5.75 Å². The van der Waals surface area contributed by atoms with Crippen molar-refractivity contribution >= 4 is 15.7 Å². The topological polar surface area (TPSA) is 63.2 Å². The van der Waals surface area contributed by atoms with Crippen LogP contribution < -0.4 is 5.32 Å². The van der Waals surface area contributed by atoms with Crippen LogP contribution in [0.4, 0.5) is 0 Å². The van der Waals surface area contributed by atoms with Crippen molar-refractivity contribution in [2.45, 2.75) is 50.7 Å². The zero-order valence-corrected chi connectivity index (χ0v) is 13.0. The third kappa shape index (κ3) is 3.60. The van der Waals surface area contributed by atoms with E-state index in [1.807, 2.05) is 32.0 Å². The van der Waals surface area contributed by atoms with Crippen molar-refractivity contribution in [1.29, 1.82) is 0 Å². The third-order valence-corrected chi connectivity index (χ3v) is 5.70. The fourth-order valence-electron chi connectivity index (χ4n) is 2.01. The van der Waals surface area contributed by atoms with Gasteiger partial charge in [-0.15, -0.1) is 0 Å². The molecule has 0 aromatic heterocycles. The van der Waals surface area contributed by atoms with Crippen LogP contribution in [0.15, 0.2) is 18.2 Å². The summed E-state index contributed by atoms with van der Waals surface area (Å²) in [6, 6.07) is 5.92. The highest BCUT2D eigenvalue weighted by Crippen LogP contribution is 2.21. The second kappa shape index (κ2) is 5.56. The molecule has 2 rings (SSSR count). The van der Waals surface area contributed by atoms with Crippen LogP contribution >= 0.6 is 0 Å². The number of rotatable bonds is 5. The van der Waals surface area contributed by atoms with Gasteiger partial charge in [-0.3, -0.25) is 4.79 Å². The molecule has 0 heterocycles. The van der Waals surface area contributed by atoms with Crippen LogP contribution in [0.3, 0.4) is 0 Å². The molecule has 4 nitrogen and oxygen atoms in total. The van der Waals surface area contributed by atoms with Crippen molar-refractivity contribution in [3.05, 3.63) is 34.9 Å². The molecule has 0 aliphatic heterocycles. The van der Waals surface area contributed by atoms with Gasteiger partial charge in [0, 0.05) is 6.04 Å². The number of benzene rings is 1. The summed E-state index contributed by atoms with van der Waals surface area (Å²) >= 11 is 0. The Bertz CT molecular complexity index is 618. The molecule has 0 radical (unpaired) electrons. The van der Waals surface area contributed by atoms with E-state index >= 15 is 0 Å². The zero-order valence-electron chi connectivity index (χ0n) is 12.1. The van der Waals surface area contributed by atoms with E-state index in [0.29, 0.717) is 0 Å². The number of amides is 1. The Labute approximate surface area is 120 Å². The Morgan fingerprint density at radius 2 is 2.00 bits per heavy atom. The van der Waals surface area contributed by atoms with Gasteiger partial charge in [0.25, 0.3) is 0 Å². The lowest BCUT2D eigenvalue weighted by Crippen LogP contribution is -2.39. The molecule has 1 amide bonds. The molecule has 1 aliphatic carbocycles. The van der Waals surface area contributed by atoms with Crippen LogP contribution in [0.25, 0.3) is 0 Å². The van der Waals surface area contributed by atoms with Crippen LogP contribution in [0, 0.1) is 13.8 Å². The second-order valence-electron chi connectivity index (χ2n) is 5.66. The van der Waals surface area contributed by atoms with Gasteiger partial charge in [-0.1, -0.05) is 23.8 Å². The molecule has 1 atom stereocenters. The van der Waals surface area contributed by atoms with E-state index in [1.54, 1.807) is 0 Å². The van der Waals surface area contributed by atoms with Crippen molar-refractivity contribution in [3.63, 3.8) is 0 Å². The number of sulfone groups is 1. The first kappa shape index (κ1) is 15.0. The molecule has 0 bridgehead atoms. The monoisotopic (exact) mass is 295 g/mol. The summed E-state index contributed by atoms with van der Waals surface area (Å²) in [5.41, 5.74) is 2.74. The highest BCUT2D eigenvalue weighted by atomic mass is 32.2. The van der Waals surface area contributed by atoms with Gasteiger partial charge in [-0.2, -0.15) is 0 Å². The normalized spacial score (nSPS) is 16.8. The minimum atomic E-state index is -3.48. The fourth-order valence-corrected chi connectivity index (χ4v) is 3.40. The summed E-state index contributed by atoms with van der Waals surface area (Å²) in [4.78, 5) is 11.9. The van der Waals surface area contributed by atoms with Gasteiger partial charge in [-0.25, -0.2) is 8.42 Å².